The molecule has 2 aliphatic rings. The second-order valence-corrected chi connectivity index (χ2v) is 14.1. The van der Waals surface area contributed by atoms with E-state index in [-0.39, 0.29) is 19.0 Å². The fraction of sp³-hybridized carbons (Fsp3) is 0.262. The molecule has 2 saturated heterocycles. The first kappa shape index (κ1) is 40.4. The summed E-state index contributed by atoms with van der Waals surface area (Å²) in [7, 11) is 3.11. The number of amides is 3. The van der Waals surface area contributed by atoms with Crippen molar-refractivity contribution in [3.05, 3.63) is 154 Å². The number of rotatable bonds is 14. The largest absolute Gasteiger partial charge is 0.497 e. The number of benzene rings is 4. The third-order valence-electron chi connectivity index (χ3n) is 10.6. The van der Waals surface area contributed by atoms with Crippen molar-refractivity contribution in [2.24, 2.45) is 0 Å². The van der Waals surface area contributed by atoms with Crippen LogP contribution in [0.5, 0.6) is 11.5 Å². The molecule has 17 nitrogen and oxygen atoms in total. The average molecular weight is 807 g/mol. The molecule has 0 aliphatic carbocycles. The van der Waals surface area contributed by atoms with Gasteiger partial charge in [-0.15, -0.1) is 0 Å². The lowest BCUT2D eigenvalue weighted by molar-refractivity contribution is -0.184. The maximum absolute atomic E-state index is 13.8. The number of likely N-dealkylation sites (tertiary alicyclic amines) is 1. The van der Waals surface area contributed by atoms with E-state index >= 15 is 0 Å². The minimum absolute atomic E-state index is 0.0108. The Labute approximate surface area is 337 Å². The summed E-state index contributed by atoms with van der Waals surface area (Å²) in [5.41, 5.74) is -1.23. The summed E-state index contributed by atoms with van der Waals surface area (Å²) in [6.45, 7) is 0.982. The normalized spacial score (nSPS) is 19.9. The van der Waals surface area contributed by atoms with Crippen molar-refractivity contribution in [1.82, 2.24) is 25.1 Å². The zero-order valence-corrected chi connectivity index (χ0v) is 32.1. The molecule has 59 heavy (non-hydrogen) atoms. The number of ether oxygens (including phenoxy) is 4. The van der Waals surface area contributed by atoms with Gasteiger partial charge in [-0.25, -0.2) is 14.4 Å². The molecule has 4 atom stereocenters. The van der Waals surface area contributed by atoms with Crippen LogP contribution >= 0.6 is 0 Å². The van der Waals surface area contributed by atoms with Gasteiger partial charge in [0.2, 0.25) is 0 Å². The molecule has 0 unspecified atom stereocenters. The molecule has 1 aromatic heterocycles. The van der Waals surface area contributed by atoms with Crippen molar-refractivity contribution in [2.45, 2.75) is 42.8 Å². The summed E-state index contributed by atoms with van der Waals surface area (Å²) in [5.74, 6) is 0.686. The highest BCUT2D eigenvalue weighted by atomic mass is 16.6. The van der Waals surface area contributed by atoms with Crippen LogP contribution in [0.25, 0.3) is 0 Å². The second kappa shape index (κ2) is 16.6. The number of aliphatic hydroxyl groups excluding tert-OH is 1. The number of hydrogen-bond donors (Lipinski definition) is 6. The topological polar surface area (TPSA) is 223 Å². The molecule has 3 amide bonds. The van der Waals surface area contributed by atoms with Crippen molar-refractivity contribution < 1.29 is 48.7 Å². The van der Waals surface area contributed by atoms with E-state index in [1.54, 1.807) is 75.7 Å². The zero-order valence-electron chi connectivity index (χ0n) is 32.1. The number of methoxy groups -OCH3 is 2. The molecule has 4 aromatic carbocycles. The number of carbonyl (C=O) groups is 3. The van der Waals surface area contributed by atoms with E-state index in [0.29, 0.717) is 39.3 Å². The van der Waals surface area contributed by atoms with Crippen molar-refractivity contribution in [2.75, 3.05) is 32.7 Å². The van der Waals surface area contributed by atoms with Crippen LogP contribution in [0.3, 0.4) is 0 Å². The lowest BCUT2D eigenvalue weighted by Gasteiger charge is -2.42. The molecule has 0 spiro atoms. The van der Waals surface area contributed by atoms with Crippen LogP contribution in [0.2, 0.25) is 0 Å². The maximum Gasteiger partial charge on any atom is 0.407 e. The van der Waals surface area contributed by atoms with Crippen LogP contribution in [0.1, 0.15) is 38.8 Å². The van der Waals surface area contributed by atoms with Crippen LogP contribution < -0.4 is 31.1 Å². The van der Waals surface area contributed by atoms with E-state index in [1.165, 1.54) is 11.1 Å². The summed E-state index contributed by atoms with van der Waals surface area (Å²) in [5, 5.41) is 38.8. The molecule has 2 aliphatic heterocycles. The van der Waals surface area contributed by atoms with Gasteiger partial charge < -0.3 is 39.6 Å². The SMILES string of the molecule is COc1ccc(C(OC[C@@]23CN(C(NC(=O)O)NC(=O)O)[C@@H]([C@H](n4cc(C)c(NC(=O)c5ccccc5)nc4=O)O2)[C@@H]3O)(c2ccccc2)c2ccc(OC)cc2)cc1. The third-order valence-corrected chi connectivity index (χ3v) is 10.6. The van der Waals surface area contributed by atoms with Gasteiger partial charge in [-0.05, 0) is 60.0 Å². The highest BCUT2D eigenvalue weighted by Gasteiger charge is 2.66. The monoisotopic (exact) mass is 806 g/mol. The lowest BCUT2D eigenvalue weighted by atomic mass is 9.79. The number of aliphatic hydroxyl groups is 1. The van der Waals surface area contributed by atoms with Crippen molar-refractivity contribution in [3.63, 3.8) is 0 Å². The van der Waals surface area contributed by atoms with E-state index < -0.39 is 59.6 Å². The van der Waals surface area contributed by atoms with E-state index in [1.807, 2.05) is 54.6 Å². The Kier molecular flexibility index (Phi) is 11.4. The van der Waals surface area contributed by atoms with Gasteiger partial charge >= 0.3 is 17.9 Å². The fourth-order valence-corrected chi connectivity index (χ4v) is 7.77. The Morgan fingerprint density at radius 2 is 1.37 bits per heavy atom. The lowest BCUT2D eigenvalue weighted by Crippen LogP contribution is -2.63. The van der Waals surface area contributed by atoms with E-state index in [0.717, 1.165) is 4.57 Å². The van der Waals surface area contributed by atoms with Crippen LogP contribution in [0.15, 0.2) is 120 Å². The van der Waals surface area contributed by atoms with Gasteiger partial charge in [0.1, 0.15) is 34.6 Å². The Morgan fingerprint density at radius 1 is 0.847 bits per heavy atom. The minimum atomic E-state index is -1.71. The summed E-state index contributed by atoms with van der Waals surface area (Å²) in [6.07, 6.45) is -6.17. The van der Waals surface area contributed by atoms with Gasteiger partial charge in [0.05, 0.1) is 26.9 Å². The van der Waals surface area contributed by atoms with Crippen LogP contribution in [-0.4, -0.2) is 99.3 Å². The minimum Gasteiger partial charge on any atom is -0.497 e. The summed E-state index contributed by atoms with van der Waals surface area (Å²) in [4.78, 5) is 56.3. The van der Waals surface area contributed by atoms with Crippen LogP contribution in [-0.2, 0) is 15.1 Å². The molecule has 7 rings (SSSR count). The molecule has 306 valence electrons. The Balaban J connectivity index is 1.32. The molecule has 2 fully saturated rings. The number of aryl methyl sites for hydroxylation is 1. The van der Waals surface area contributed by atoms with Gasteiger partial charge in [0, 0.05) is 23.9 Å². The van der Waals surface area contributed by atoms with Gasteiger partial charge in [-0.1, -0.05) is 72.8 Å². The molecule has 2 bridgehead atoms. The standard InChI is InChI=1S/C42H42N6O11/c1-25-22-47(38(51)44-34(25)43-35(50)26-10-6-4-7-11-26)36-32-33(49)41(59-36,23-48(32)37(45-39(52)53)46-40(54)55)24-58-42(27-12-8-5-9-13-27,28-14-18-30(56-2)19-15-28)29-16-20-31(57-3)21-17-29/h4-22,32-33,36-37,45-46,49H,23-24H2,1-3H3,(H,52,53)(H,54,55)(H,43,44,50,51)/t32-,33+,36-,41-/m1/s1. The number of aromatic nitrogens is 2. The zero-order chi connectivity index (χ0) is 41.9. The van der Waals surface area contributed by atoms with Gasteiger partial charge in [0.15, 0.2) is 12.5 Å². The molecule has 6 N–H and O–H groups in total. The van der Waals surface area contributed by atoms with Crippen LogP contribution in [0, 0.1) is 6.92 Å². The molecule has 3 heterocycles. The van der Waals surface area contributed by atoms with Crippen molar-refractivity contribution in [1.29, 1.82) is 0 Å². The number of nitrogens with one attached hydrogen (secondary N) is 3. The first-order valence-corrected chi connectivity index (χ1v) is 18.4. The first-order valence-electron chi connectivity index (χ1n) is 18.4. The fourth-order valence-electron chi connectivity index (χ4n) is 7.77. The predicted octanol–water partition coefficient (Wildman–Crippen LogP) is 3.96. The molecular formula is C42H42N6O11. The molecular weight excluding hydrogens is 764 g/mol. The number of fused-ring (bicyclic) bond motifs is 2. The number of nitrogens with zero attached hydrogens (tertiary/aromatic N) is 3. The Hall–Kier alpha value is -6.79. The van der Waals surface area contributed by atoms with E-state index in [9.17, 15) is 34.5 Å². The second-order valence-electron chi connectivity index (χ2n) is 14.1. The first-order chi connectivity index (χ1) is 28.4. The highest BCUT2D eigenvalue weighted by molar-refractivity contribution is 6.04. The molecule has 5 aromatic rings. The van der Waals surface area contributed by atoms with E-state index in [4.69, 9.17) is 18.9 Å². The highest BCUT2D eigenvalue weighted by Crippen LogP contribution is 2.50. The quantitative estimate of drug-likeness (QED) is 0.0692. The smallest absolute Gasteiger partial charge is 0.407 e. The average Bonchev–Trinajstić information content (AvgIpc) is 3.68. The molecule has 17 heteroatoms. The summed E-state index contributed by atoms with van der Waals surface area (Å²) >= 11 is 0. The molecule has 0 radical (unpaired) electrons. The number of anilines is 1. The van der Waals surface area contributed by atoms with Gasteiger partial charge in [-0.3, -0.25) is 24.9 Å². The summed E-state index contributed by atoms with van der Waals surface area (Å²) in [6, 6.07) is 31.0. The summed E-state index contributed by atoms with van der Waals surface area (Å²) < 4.78 is 25.8. The number of carboxylic acid groups (broad SMARTS) is 2. The van der Waals surface area contributed by atoms with Crippen molar-refractivity contribution in [3.8, 4) is 11.5 Å². The maximum atomic E-state index is 13.8. The van der Waals surface area contributed by atoms with Gasteiger partial charge in [0.25, 0.3) is 5.91 Å². The van der Waals surface area contributed by atoms with Crippen molar-refractivity contribution >= 4 is 23.9 Å². The third kappa shape index (κ3) is 7.79. The Morgan fingerprint density at radius 3 is 1.90 bits per heavy atom. The van der Waals surface area contributed by atoms with E-state index in [2.05, 4.69) is 20.9 Å². The number of morpholine rings is 1. The predicted molar refractivity (Wildman–Crippen MR) is 211 cm³/mol. The van der Waals surface area contributed by atoms with Crippen LogP contribution in [0.4, 0.5) is 15.4 Å². The van der Waals surface area contributed by atoms with Gasteiger partial charge in [-0.2, -0.15) is 4.98 Å². The number of hydrogen-bond acceptors (Lipinski definition) is 11. The number of carbonyl (C=O) groups excluding carboxylic acids is 1. The molecule has 0 saturated carbocycles. The Bertz CT molecular complexity index is 2300.